The minimum absolute atomic E-state index is 0.0614. The van der Waals surface area contributed by atoms with Crippen LogP contribution in [0.5, 0.6) is 17.4 Å². The van der Waals surface area contributed by atoms with Crippen LogP contribution in [-0.2, 0) is 12.4 Å². The molecule has 23 heavy (non-hydrogen) atoms. The number of nitrogens with zero attached hydrogens (tertiary/aromatic N) is 3. The number of halogens is 4. The molecule has 0 saturated heterocycles. The summed E-state index contributed by atoms with van der Waals surface area (Å²) in [6, 6.07) is 3.64. The van der Waals surface area contributed by atoms with Crippen LogP contribution in [0.15, 0.2) is 18.2 Å². The van der Waals surface area contributed by atoms with E-state index in [-0.39, 0.29) is 23.1 Å². The molecule has 0 aliphatic rings. The van der Waals surface area contributed by atoms with E-state index in [1.54, 1.807) is 0 Å². The highest BCUT2D eigenvalue weighted by atomic mass is 35.5. The average Bonchev–Trinajstić information content (AvgIpc) is 2.74. The lowest BCUT2D eigenvalue weighted by Crippen LogP contribution is -2.05. The van der Waals surface area contributed by atoms with Gasteiger partial charge in [0.1, 0.15) is 10.8 Å². The molecule has 1 aromatic heterocycles. The van der Waals surface area contributed by atoms with E-state index in [1.165, 1.54) is 26.3 Å². The molecule has 7 nitrogen and oxygen atoms in total. The molecule has 0 fully saturated rings. The Bertz CT molecular complexity index is 761. The number of nitro benzene ring substituents is 1. The molecular weight excluding hydrogens is 359 g/mol. The standard InChI is InChI=1S/C12H9Cl2F2N3O4/c1-18-11(9(13)10(17-18)12(14,15)16)23-6-3-4-7(19(20)21)8(5-6)22-2/h3-5H,1-2H3. The Balaban J connectivity index is 2.41. The van der Waals surface area contributed by atoms with Gasteiger partial charge in [-0.2, -0.15) is 13.9 Å². The molecule has 0 spiro atoms. The van der Waals surface area contributed by atoms with Crippen molar-refractivity contribution >= 4 is 28.9 Å². The molecule has 0 N–H and O–H groups in total. The summed E-state index contributed by atoms with van der Waals surface area (Å²) in [4.78, 5) is 10.2. The van der Waals surface area contributed by atoms with Crippen molar-refractivity contribution in [1.82, 2.24) is 9.78 Å². The normalized spacial score (nSPS) is 11.4. The summed E-state index contributed by atoms with van der Waals surface area (Å²) in [5.74, 6) is -0.173. The molecule has 1 aromatic carbocycles. The number of alkyl halides is 3. The fraction of sp³-hybridized carbons (Fsp3) is 0.250. The highest BCUT2D eigenvalue weighted by molar-refractivity contribution is 6.34. The monoisotopic (exact) mass is 367 g/mol. The van der Waals surface area contributed by atoms with E-state index in [4.69, 9.17) is 32.7 Å². The lowest BCUT2D eigenvalue weighted by molar-refractivity contribution is -0.385. The minimum Gasteiger partial charge on any atom is -0.490 e. The molecule has 0 aliphatic carbocycles. The maximum atomic E-state index is 13.2. The van der Waals surface area contributed by atoms with Crippen molar-refractivity contribution in [1.29, 1.82) is 0 Å². The Morgan fingerprint density at radius 3 is 2.57 bits per heavy atom. The van der Waals surface area contributed by atoms with Crippen molar-refractivity contribution in [3.05, 3.63) is 39.0 Å². The maximum Gasteiger partial charge on any atom is 0.368 e. The number of methoxy groups -OCH3 is 1. The van der Waals surface area contributed by atoms with Crippen LogP contribution in [0.3, 0.4) is 0 Å². The molecular formula is C12H9Cl2F2N3O4. The van der Waals surface area contributed by atoms with E-state index in [0.29, 0.717) is 0 Å². The van der Waals surface area contributed by atoms with Gasteiger partial charge in [0, 0.05) is 19.2 Å². The molecule has 0 unspecified atom stereocenters. The second kappa shape index (κ2) is 6.17. The van der Waals surface area contributed by atoms with Crippen LogP contribution in [0.25, 0.3) is 0 Å². The first-order valence-electron chi connectivity index (χ1n) is 5.95. The highest BCUT2D eigenvalue weighted by Crippen LogP contribution is 2.42. The topological polar surface area (TPSA) is 79.4 Å². The fourth-order valence-electron chi connectivity index (χ4n) is 1.76. The summed E-state index contributed by atoms with van der Waals surface area (Å²) < 4.78 is 37.6. The Morgan fingerprint density at radius 1 is 1.43 bits per heavy atom. The van der Waals surface area contributed by atoms with Gasteiger partial charge < -0.3 is 9.47 Å². The van der Waals surface area contributed by atoms with Crippen molar-refractivity contribution in [3.8, 4) is 17.4 Å². The van der Waals surface area contributed by atoms with Crippen LogP contribution in [0, 0.1) is 10.1 Å². The van der Waals surface area contributed by atoms with E-state index in [2.05, 4.69) is 5.10 Å². The number of aryl methyl sites for hydroxylation is 1. The first-order valence-corrected chi connectivity index (χ1v) is 6.70. The Labute approximate surface area is 138 Å². The third-order valence-corrected chi connectivity index (χ3v) is 3.29. The van der Waals surface area contributed by atoms with Crippen molar-refractivity contribution in [3.63, 3.8) is 0 Å². The fourth-order valence-corrected chi connectivity index (χ4v) is 2.26. The van der Waals surface area contributed by atoms with Gasteiger partial charge in [-0.3, -0.25) is 10.1 Å². The third kappa shape index (κ3) is 3.45. The number of benzene rings is 1. The number of hydrogen-bond donors (Lipinski definition) is 0. The van der Waals surface area contributed by atoms with Gasteiger partial charge in [-0.25, -0.2) is 4.68 Å². The molecule has 0 radical (unpaired) electrons. The molecule has 1 heterocycles. The first-order chi connectivity index (χ1) is 10.6. The molecule has 0 atom stereocenters. The van der Waals surface area contributed by atoms with Gasteiger partial charge in [0.2, 0.25) is 11.6 Å². The maximum absolute atomic E-state index is 13.2. The van der Waals surface area contributed by atoms with Crippen LogP contribution < -0.4 is 9.47 Å². The summed E-state index contributed by atoms with van der Waals surface area (Å²) in [5, 5.41) is 10.1. The quantitative estimate of drug-likeness (QED) is 0.452. The highest BCUT2D eigenvalue weighted by Gasteiger charge is 2.37. The zero-order valence-corrected chi connectivity index (χ0v) is 13.2. The van der Waals surface area contributed by atoms with Gasteiger partial charge in [0.25, 0.3) is 0 Å². The molecule has 0 bridgehead atoms. The van der Waals surface area contributed by atoms with E-state index >= 15 is 0 Å². The van der Waals surface area contributed by atoms with Crippen LogP contribution in [0.4, 0.5) is 14.5 Å². The predicted octanol–water partition coefficient (Wildman–Crippen LogP) is 4.07. The van der Waals surface area contributed by atoms with E-state index in [9.17, 15) is 18.9 Å². The zero-order valence-electron chi connectivity index (χ0n) is 11.7. The van der Waals surface area contributed by atoms with Gasteiger partial charge in [-0.15, -0.1) is 0 Å². The van der Waals surface area contributed by atoms with E-state index in [1.807, 2.05) is 0 Å². The summed E-state index contributed by atoms with van der Waals surface area (Å²) in [6.45, 7) is 0. The second-order valence-corrected chi connectivity index (χ2v) is 5.13. The second-order valence-electron chi connectivity index (χ2n) is 4.28. The van der Waals surface area contributed by atoms with Gasteiger partial charge in [-0.05, 0) is 17.7 Å². The van der Waals surface area contributed by atoms with Crippen molar-refractivity contribution < 1.29 is 23.2 Å². The molecule has 0 saturated carbocycles. The molecule has 0 aliphatic heterocycles. The van der Waals surface area contributed by atoms with Crippen LogP contribution in [0.2, 0.25) is 5.02 Å². The Hall–Kier alpha value is -2.13. The van der Waals surface area contributed by atoms with Crippen LogP contribution in [0.1, 0.15) is 5.69 Å². The van der Waals surface area contributed by atoms with Crippen molar-refractivity contribution in [2.75, 3.05) is 7.11 Å². The van der Waals surface area contributed by atoms with E-state index < -0.39 is 21.0 Å². The number of ether oxygens (including phenoxy) is 2. The van der Waals surface area contributed by atoms with Crippen molar-refractivity contribution in [2.45, 2.75) is 5.38 Å². The third-order valence-electron chi connectivity index (χ3n) is 2.77. The summed E-state index contributed by atoms with van der Waals surface area (Å²) in [5.41, 5.74) is -1.13. The Kier molecular flexibility index (Phi) is 4.62. The van der Waals surface area contributed by atoms with Crippen LogP contribution in [-0.4, -0.2) is 21.8 Å². The lowest BCUT2D eigenvalue weighted by Gasteiger charge is -2.08. The molecule has 0 amide bonds. The number of hydrogen-bond acceptors (Lipinski definition) is 5. The molecule has 124 valence electrons. The SMILES string of the molecule is COc1cc(Oc2c(Cl)c(C(F)(F)Cl)nn2C)ccc1[N+](=O)[O-]. The average molecular weight is 368 g/mol. The minimum atomic E-state index is -3.76. The van der Waals surface area contributed by atoms with Gasteiger partial charge in [-0.1, -0.05) is 11.6 Å². The largest absolute Gasteiger partial charge is 0.490 e. The molecule has 11 heteroatoms. The number of rotatable bonds is 5. The lowest BCUT2D eigenvalue weighted by atomic mass is 10.3. The van der Waals surface area contributed by atoms with Gasteiger partial charge in [0.05, 0.1) is 12.0 Å². The summed E-state index contributed by atoms with van der Waals surface area (Å²) in [7, 11) is 2.57. The number of aromatic nitrogens is 2. The molecule has 2 rings (SSSR count). The van der Waals surface area contributed by atoms with Crippen LogP contribution >= 0.6 is 23.2 Å². The number of nitro groups is 1. The van der Waals surface area contributed by atoms with Gasteiger partial charge in [0.15, 0.2) is 5.69 Å². The molecule has 2 aromatic rings. The predicted molar refractivity (Wildman–Crippen MR) is 77.7 cm³/mol. The smallest absolute Gasteiger partial charge is 0.368 e. The Morgan fingerprint density at radius 2 is 2.09 bits per heavy atom. The van der Waals surface area contributed by atoms with Crippen molar-refractivity contribution in [2.24, 2.45) is 7.05 Å². The zero-order chi connectivity index (χ0) is 17.4. The summed E-state index contributed by atoms with van der Waals surface area (Å²) in [6.07, 6.45) is 0. The summed E-state index contributed by atoms with van der Waals surface area (Å²) >= 11 is 10.7. The van der Waals surface area contributed by atoms with Gasteiger partial charge >= 0.3 is 11.1 Å². The first kappa shape index (κ1) is 17.2. The van der Waals surface area contributed by atoms with E-state index in [0.717, 1.165) is 10.7 Å².